The van der Waals surface area contributed by atoms with Crippen LogP contribution >= 0.6 is 0 Å². The molecule has 1 heterocycles. The van der Waals surface area contributed by atoms with Crippen molar-refractivity contribution in [2.45, 2.75) is 32.5 Å². The molecule has 0 aromatic carbocycles. The minimum absolute atomic E-state index is 0.0903. The molecule has 0 radical (unpaired) electrons. The maximum absolute atomic E-state index is 11.8. The smallest absolute Gasteiger partial charge is 0.389 e. The summed E-state index contributed by atoms with van der Waals surface area (Å²) in [6.07, 6.45) is -3.30. The van der Waals surface area contributed by atoms with Crippen LogP contribution in [0.4, 0.5) is 13.2 Å². The van der Waals surface area contributed by atoms with Gasteiger partial charge in [0.05, 0.1) is 12.7 Å². The Balaban J connectivity index is 2.47. The number of nitrogens with zero attached hydrogens (tertiary/aromatic N) is 2. The summed E-state index contributed by atoms with van der Waals surface area (Å²) < 4.78 is 39.9. The zero-order chi connectivity index (χ0) is 13.8. The number of halogens is 3. The van der Waals surface area contributed by atoms with Crippen LogP contribution in [0.3, 0.4) is 0 Å². The van der Waals surface area contributed by atoms with Crippen LogP contribution in [-0.4, -0.2) is 34.5 Å². The normalized spacial score (nSPS) is 13.7. The largest absolute Gasteiger partial charge is 0.411 e. The first-order chi connectivity index (χ1) is 8.29. The number of aromatic nitrogens is 2. The maximum Gasteiger partial charge on any atom is 0.411 e. The van der Waals surface area contributed by atoms with Gasteiger partial charge in [-0.15, -0.1) is 0 Å². The Labute approximate surface area is 103 Å². The van der Waals surface area contributed by atoms with Crippen molar-refractivity contribution in [3.63, 3.8) is 0 Å². The zero-order valence-electron chi connectivity index (χ0n) is 10.2. The summed E-state index contributed by atoms with van der Waals surface area (Å²) in [5, 5.41) is 9.37. The Kier molecular flexibility index (Phi) is 5.03. The molecule has 1 aromatic heterocycles. The van der Waals surface area contributed by atoms with Gasteiger partial charge in [-0.2, -0.15) is 13.2 Å². The SMILES string of the molecule is Cc1nc(CCOCC(F)(F)F)ncc1C(C)O. The number of alkyl halides is 3. The molecule has 1 N–H and O–H groups in total. The van der Waals surface area contributed by atoms with Gasteiger partial charge in [-0.05, 0) is 13.8 Å². The van der Waals surface area contributed by atoms with Crippen LogP contribution in [0.15, 0.2) is 6.20 Å². The van der Waals surface area contributed by atoms with Gasteiger partial charge in [-0.3, -0.25) is 0 Å². The van der Waals surface area contributed by atoms with Gasteiger partial charge in [-0.1, -0.05) is 0 Å². The molecule has 0 fully saturated rings. The van der Waals surface area contributed by atoms with E-state index in [0.29, 0.717) is 17.1 Å². The third-order valence-electron chi connectivity index (χ3n) is 2.25. The summed E-state index contributed by atoms with van der Waals surface area (Å²) in [7, 11) is 0. The monoisotopic (exact) mass is 264 g/mol. The highest BCUT2D eigenvalue weighted by molar-refractivity contribution is 5.18. The molecular weight excluding hydrogens is 249 g/mol. The van der Waals surface area contributed by atoms with Crippen molar-refractivity contribution < 1.29 is 23.0 Å². The van der Waals surface area contributed by atoms with Crippen LogP contribution < -0.4 is 0 Å². The molecule has 0 bridgehead atoms. The molecule has 0 saturated carbocycles. The van der Waals surface area contributed by atoms with Gasteiger partial charge in [0.2, 0.25) is 0 Å². The van der Waals surface area contributed by atoms with Crippen LogP contribution in [-0.2, 0) is 11.2 Å². The molecule has 0 aliphatic rings. The van der Waals surface area contributed by atoms with E-state index in [0.717, 1.165) is 0 Å². The predicted octanol–water partition coefficient (Wildman–Crippen LogP) is 1.96. The fourth-order valence-corrected chi connectivity index (χ4v) is 1.41. The molecule has 0 saturated heterocycles. The van der Waals surface area contributed by atoms with E-state index < -0.39 is 18.9 Å². The van der Waals surface area contributed by atoms with E-state index in [1.807, 2.05) is 0 Å². The lowest BCUT2D eigenvalue weighted by atomic mass is 10.1. The van der Waals surface area contributed by atoms with Gasteiger partial charge in [0.15, 0.2) is 0 Å². The van der Waals surface area contributed by atoms with Crippen molar-refractivity contribution in [3.05, 3.63) is 23.3 Å². The average Bonchev–Trinajstić information content (AvgIpc) is 2.22. The van der Waals surface area contributed by atoms with E-state index in [1.165, 1.54) is 6.20 Å². The Bertz CT molecular complexity index is 394. The Hall–Kier alpha value is -1.21. The molecule has 1 rings (SSSR count). The molecule has 1 atom stereocenters. The van der Waals surface area contributed by atoms with Crippen molar-refractivity contribution in [1.29, 1.82) is 0 Å². The van der Waals surface area contributed by atoms with Crippen molar-refractivity contribution in [3.8, 4) is 0 Å². The first kappa shape index (κ1) is 14.8. The second-order valence-electron chi connectivity index (χ2n) is 3.92. The summed E-state index contributed by atoms with van der Waals surface area (Å²) in [5.74, 6) is 0.402. The van der Waals surface area contributed by atoms with Crippen molar-refractivity contribution in [2.24, 2.45) is 0 Å². The van der Waals surface area contributed by atoms with Gasteiger partial charge in [0.25, 0.3) is 0 Å². The van der Waals surface area contributed by atoms with Gasteiger partial charge in [-0.25, -0.2) is 9.97 Å². The third kappa shape index (κ3) is 4.97. The fourth-order valence-electron chi connectivity index (χ4n) is 1.41. The topological polar surface area (TPSA) is 55.2 Å². The standard InChI is InChI=1S/C11H15F3N2O2/c1-7-9(8(2)17)5-15-10(16-7)3-4-18-6-11(12,13)14/h5,8,17H,3-4,6H2,1-2H3. The van der Waals surface area contributed by atoms with Crippen LogP contribution in [0.25, 0.3) is 0 Å². The van der Waals surface area contributed by atoms with E-state index in [4.69, 9.17) is 0 Å². The highest BCUT2D eigenvalue weighted by Gasteiger charge is 2.27. The molecule has 0 aliphatic carbocycles. The quantitative estimate of drug-likeness (QED) is 0.826. The highest BCUT2D eigenvalue weighted by Crippen LogP contribution is 2.15. The zero-order valence-corrected chi connectivity index (χ0v) is 10.2. The van der Waals surface area contributed by atoms with E-state index in [2.05, 4.69) is 14.7 Å². The number of aliphatic hydroxyl groups excluding tert-OH is 1. The van der Waals surface area contributed by atoms with Crippen molar-refractivity contribution in [2.75, 3.05) is 13.2 Å². The molecule has 0 spiro atoms. The average molecular weight is 264 g/mol. The summed E-state index contributed by atoms with van der Waals surface area (Å²) >= 11 is 0. The fraction of sp³-hybridized carbons (Fsp3) is 0.636. The minimum Gasteiger partial charge on any atom is -0.389 e. The number of aryl methyl sites for hydroxylation is 1. The number of hydrogen-bond donors (Lipinski definition) is 1. The van der Waals surface area contributed by atoms with Gasteiger partial charge < -0.3 is 9.84 Å². The first-order valence-corrected chi connectivity index (χ1v) is 5.44. The van der Waals surface area contributed by atoms with Crippen molar-refractivity contribution >= 4 is 0 Å². The van der Waals surface area contributed by atoms with E-state index in [1.54, 1.807) is 13.8 Å². The van der Waals surface area contributed by atoms with E-state index in [9.17, 15) is 18.3 Å². The van der Waals surface area contributed by atoms with Crippen LogP contribution in [0.1, 0.15) is 30.1 Å². The Morgan fingerprint density at radius 2 is 2.11 bits per heavy atom. The number of aliphatic hydroxyl groups is 1. The lowest BCUT2D eigenvalue weighted by Gasteiger charge is -2.10. The van der Waals surface area contributed by atoms with Crippen LogP contribution in [0.5, 0.6) is 0 Å². The van der Waals surface area contributed by atoms with Crippen LogP contribution in [0.2, 0.25) is 0 Å². The van der Waals surface area contributed by atoms with E-state index in [-0.39, 0.29) is 13.0 Å². The van der Waals surface area contributed by atoms with Crippen LogP contribution in [0, 0.1) is 6.92 Å². The lowest BCUT2D eigenvalue weighted by molar-refractivity contribution is -0.173. The number of rotatable bonds is 5. The van der Waals surface area contributed by atoms with Gasteiger partial charge in [0, 0.05) is 23.9 Å². The molecule has 102 valence electrons. The second-order valence-corrected chi connectivity index (χ2v) is 3.92. The molecule has 4 nitrogen and oxygen atoms in total. The molecular formula is C11H15F3N2O2. The molecule has 18 heavy (non-hydrogen) atoms. The molecule has 1 aromatic rings. The summed E-state index contributed by atoms with van der Waals surface area (Å²) in [5.41, 5.74) is 1.22. The lowest BCUT2D eigenvalue weighted by Crippen LogP contribution is -2.18. The summed E-state index contributed by atoms with van der Waals surface area (Å²) in [6, 6.07) is 0. The predicted molar refractivity (Wildman–Crippen MR) is 58.0 cm³/mol. The highest BCUT2D eigenvalue weighted by atomic mass is 19.4. The molecule has 7 heteroatoms. The number of hydrogen-bond acceptors (Lipinski definition) is 4. The molecule has 1 unspecified atom stereocenters. The first-order valence-electron chi connectivity index (χ1n) is 5.44. The van der Waals surface area contributed by atoms with Crippen molar-refractivity contribution in [1.82, 2.24) is 9.97 Å². The van der Waals surface area contributed by atoms with Gasteiger partial charge in [0.1, 0.15) is 12.4 Å². The molecule has 0 amide bonds. The summed E-state index contributed by atoms with van der Waals surface area (Å²) in [4.78, 5) is 8.06. The Morgan fingerprint density at radius 1 is 1.44 bits per heavy atom. The Morgan fingerprint density at radius 3 is 2.61 bits per heavy atom. The minimum atomic E-state index is -4.31. The number of ether oxygens (including phenoxy) is 1. The summed E-state index contributed by atoms with van der Waals surface area (Å²) in [6.45, 7) is 1.95. The second kappa shape index (κ2) is 6.10. The third-order valence-corrected chi connectivity index (χ3v) is 2.25. The van der Waals surface area contributed by atoms with E-state index >= 15 is 0 Å². The van der Waals surface area contributed by atoms with Gasteiger partial charge >= 0.3 is 6.18 Å². The maximum atomic E-state index is 11.8. The molecule has 0 aliphatic heterocycles.